The summed E-state index contributed by atoms with van der Waals surface area (Å²) in [7, 11) is -3.79. The van der Waals surface area contributed by atoms with E-state index in [1.165, 1.54) is 24.3 Å². The maximum absolute atomic E-state index is 13.6. The average Bonchev–Trinajstić information content (AvgIpc) is 2.38. The van der Waals surface area contributed by atoms with E-state index in [1.807, 2.05) is 0 Å². The van der Waals surface area contributed by atoms with Gasteiger partial charge in [-0.3, -0.25) is 0 Å². The number of nitrogens with two attached hydrogens (primary N) is 1. The van der Waals surface area contributed by atoms with Gasteiger partial charge in [0.25, 0.3) is 0 Å². The van der Waals surface area contributed by atoms with Crippen LogP contribution in [-0.4, -0.2) is 8.42 Å². The van der Waals surface area contributed by atoms with Gasteiger partial charge in [-0.1, -0.05) is 18.2 Å². The van der Waals surface area contributed by atoms with Gasteiger partial charge in [-0.25, -0.2) is 17.2 Å². The summed E-state index contributed by atoms with van der Waals surface area (Å²) in [6.07, 6.45) is 0. The van der Waals surface area contributed by atoms with Crippen molar-refractivity contribution in [1.29, 1.82) is 0 Å². The predicted octanol–water partition coefficient (Wildman–Crippen LogP) is 2.83. The number of halogens is 2. The highest BCUT2D eigenvalue weighted by atomic mass is 32.2. The summed E-state index contributed by atoms with van der Waals surface area (Å²) < 4.78 is 51.3. The van der Waals surface area contributed by atoms with Crippen LogP contribution in [0.5, 0.6) is 0 Å². The molecule has 0 aliphatic heterocycles. The highest BCUT2D eigenvalue weighted by molar-refractivity contribution is 7.90. The molecule has 0 saturated heterocycles. The first-order valence-corrected chi connectivity index (χ1v) is 7.49. The van der Waals surface area contributed by atoms with Gasteiger partial charge in [0.05, 0.1) is 10.6 Å². The van der Waals surface area contributed by atoms with Crippen molar-refractivity contribution in [2.45, 2.75) is 17.6 Å². The lowest BCUT2D eigenvalue weighted by atomic mass is 10.2. The van der Waals surface area contributed by atoms with E-state index < -0.39 is 27.2 Å². The van der Waals surface area contributed by atoms with Crippen LogP contribution in [0.1, 0.15) is 11.1 Å². The van der Waals surface area contributed by atoms with Crippen molar-refractivity contribution >= 4 is 15.5 Å². The fourth-order valence-electron chi connectivity index (χ4n) is 1.91. The Morgan fingerprint density at radius 3 is 2.45 bits per heavy atom. The number of hydrogen-bond donors (Lipinski definition) is 1. The van der Waals surface area contributed by atoms with Crippen LogP contribution in [0.3, 0.4) is 0 Å². The van der Waals surface area contributed by atoms with Crippen molar-refractivity contribution in [3.63, 3.8) is 0 Å². The van der Waals surface area contributed by atoms with Gasteiger partial charge < -0.3 is 5.73 Å². The molecule has 20 heavy (non-hydrogen) atoms. The Bertz CT molecular complexity index is 758. The zero-order chi connectivity index (χ0) is 14.9. The van der Waals surface area contributed by atoms with Gasteiger partial charge in [-0.2, -0.15) is 0 Å². The smallest absolute Gasteiger partial charge is 0.182 e. The van der Waals surface area contributed by atoms with Crippen LogP contribution in [0.4, 0.5) is 14.5 Å². The quantitative estimate of drug-likeness (QED) is 0.886. The van der Waals surface area contributed by atoms with Crippen LogP contribution < -0.4 is 5.73 Å². The molecule has 2 rings (SSSR count). The summed E-state index contributed by atoms with van der Waals surface area (Å²) in [5.41, 5.74) is 6.21. The van der Waals surface area contributed by atoms with Crippen molar-refractivity contribution < 1.29 is 17.2 Å². The molecule has 0 spiro atoms. The molecule has 0 bridgehead atoms. The third-order valence-electron chi connectivity index (χ3n) is 3.04. The second-order valence-corrected chi connectivity index (χ2v) is 6.40. The van der Waals surface area contributed by atoms with E-state index in [9.17, 15) is 17.2 Å². The third kappa shape index (κ3) is 2.65. The van der Waals surface area contributed by atoms with Crippen LogP contribution in [0, 0.1) is 18.6 Å². The van der Waals surface area contributed by atoms with Gasteiger partial charge >= 0.3 is 0 Å². The molecule has 106 valence electrons. The predicted molar refractivity (Wildman–Crippen MR) is 72.8 cm³/mol. The molecular weight excluding hydrogens is 284 g/mol. The summed E-state index contributed by atoms with van der Waals surface area (Å²) in [4.78, 5) is 0.0289. The molecule has 0 aliphatic rings. The van der Waals surface area contributed by atoms with Crippen LogP contribution >= 0.6 is 0 Å². The standard InChI is InChI=1S/C14H13F2NO2S/c1-9-12(17)6-3-7-13(9)20(18,19)8-10-4-2-5-11(15)14(10)16/h2-7H,8,17H2,1H3. The monoisotopic (exact) mass is 297 g/mol. The van der Waals surface area contributed by atoms with Gasteiger partial charge in [-0.15, -0.1) is 0 Å². The lowest BCUT2D eigenvalue weighted by Crippen LogP contribution is -2.09. The van der Waals surface area contributed by atoms with Crippen molar-refractivity contribution in [2.24, 2.45) is 0 Å². The van der Waals surface area contributed by atoms with Crippen molar-refractivity contribution in [1.82, 2.24) is 0 Å². The number of nitrogen functional groups attached to an aromatic ring is 1. The van der Waals surface area contributed by atoms with Crippen molar-refractivity contribution in [3.8, 4) is 0 Å². The first-order chi connectivity index (χ1) is 9.33. The number of rotatable bonds is 3. The Balaban J connectivity index is 2.47. The van der Waals surface area contributed by atoms with Gasteiger partial charge in [0.1, 0.15) is 0 Å². The van der Waals surface area contributed by atoms with E-state index in [1.54, 1.807) is 13.0 Å². The average molecular weight is 297 g/mol. The second kappa shape index (κ2) is 5.20. The van der Waals surface area contributed by atoms with E-state index >= 15 is 0 Å². The maximum atomic E-state index is 13.6. The molecule has 0 saturated carbocycles. The molecule has 0 fully saturated rings. The zero-order valence-electron chi connectivity index (χ0n) is 10.7. The third-order valence-corrected chi connectivity index (χ3v) is 4.84. The van der Waals surface area contributed by atoms with Gasteiger partial charge in [0, 0.05) is 11.3 Å². The largest absolute Gasteiger partial charge is 0.398 e. The van der Waals surface area contributed by atoms with E-state index in [2.05, 4.69) is 0 Å². The van der Waals surface area contributed by atoms with Crippen molar-refractivity contribution in [2.75, 3.05) is 5.73 Å². The minimum Gasteiger partial charge on any atom is -0.398 e. The van der Waals surface area contributed by atoms with Crippen molar-refractivity contribution in [3.05, 3.63) is 59.2 Å². The highest BCUT2D eigenvalue weighted by Gasteiger charge is 2.21. The Labute approximate surface area is 116 Å². The second-order valence-electron chi connectivity index (χ2n) is 4.44. The molecular formula is C14H13F2NO2S. The summed E-state index contributed by atoms with van der Waals surface area (Å²) in [5.74, 6) is -2.82. The molecule has 0 heterocycles. The Hall–Kier alpha value is -1.95. The van der Waals surface area contributed by atoms with E-state index in [-0.39, 0.29) is 10.5 Å². The summed E-state index contributed by atoms with van der Waals surface area (Å²) in [5, 5.41) is 0. The van der Waals surface area contributed by atoms with E-state index in [0.717, 1.165) is 6.07 Å². The Kier molecular flexibility index (Phi) is 3.76. The molecule has 0 radical (unpaired) electrons. The van der Waals surface area contributed by atoms with Gasteiger partial charge in [0.15, 0.2) is 21.5 Å². The number of sulfone groups is 1. The fraction of sp³-hybridized carbons (Fsp3) is 0.143. The van der Waals surface area contributed by atoms with Crippen LogP contribution in [0.15, 0.2) is 41.3 Å². The molecule has 0 amide bonds. The topological polar surface area (TPSA) is 60.2 Å². The summed E-state index contributed by atoms with van der Waals surface area (Å²) in [6.45, 7) is 1.57. The maximum Gasteiger partial charge on any atom is 0.182 e. The van der Waals surface area contributed by atoms with E-state index in [4.69, 9.17) is 5.73 Å². The van der Waals surface area contributed by atoms with Crippen LogP contribution in [0.2, 0.25) is 0 Å². The molecule has 0 atom stereocenters. The summed E-state index contributed by atoms with van der Waals surface area (Å²) in [6, 6.07) is 7.96. The zero-order valence-corrected chi connectivity index (χ0v) is 11.5. The van der Waals surface area contributed by atoms with Gasteiger partial charge in [0.2, 0.25) is 0 Å². The molecule has 2 aromatic rings. The summed E-state index contributed by atoms with van der Waals surface area (Å²) >= 11 is 0. The fourth-order valence-corrected chi connectivity index (χ4v) is 3.57. The number of anilines is 1. The highest BCUT2D eigenvalue weighted by Crippen LogP contribution is 2.25. The minimum absolute atomic E-state index is 0.0289. The normalized spacial score (nSPS) is 11.6. The first-order valence-electron chi connectivity index (χ1n) is 5.83. The molecule has 0 aromatic heterocycles. The Morgan fingerprint density at radius 1 is 1.10 bits per heavy atom. The minimum atomic E-state index is -3.79. The van der Waals surface area contributed by atoms with Gasteiger partial charge in [-0.05, 0) is 30.7 Å². The SMILES string of the molecule is Cc1c(N)cccc1S(=O)(=O)Cc1cccc(F)c1F. The van der Waals surface area contributed by atoms with E-state index in [0.29, 0.717) is 11.3 Å². The molecule has 0 aliphatic carbocycles. The molecule has 0 unspecified atom stereocenters. The molecule has 2 N–H and O–H groups in total. The van der Waals surface area contributed by atoms with Crippen LogP contribution in [-0.2, 0) is 15.6 Å². The molecule has 3 nitrogen and oxygen atoms in total. The molecule has 2 aromatic carbocycles. The lowest BCUT2D eigenvalue weighted by Gasteiger charge is -2.10. The number of benzene rings is 2. The first kappa shape index (κ1) is 14.5. The molecule has 6 heteroatoms. The Morgan fingerprint density at radius 2 is 1.75 bits per heavy atom. The lowest BCUT2D eigenvalue weighted by molar-refractivity contribution is 0.501. The number of hydrogen-bond acceptors (Lipinski definition) is 3. The van der Waals surface area contributed by atoms with Crippen LogP contribution in [0.25, 0.3) is 0 Å².